The Morgan fingerprint density at radius 3 is 2.82 bits per heavy atom. The summed E-state index contributed by atoms with van der Waals surface area (Å²) in [5, 5.41) is 0. The zero-order valence-electron chi connectivity index (χ0n) is 10.0. The Kier molecular flexibility index (Phi) is 3.10. The van der Waals surface area contributed by atoms with Crippen molar-refractivity contribution < 1.29 is 4.74 Å². The zero-order chi connectivity index (χ0) is 11.5. The van der Waals surface area contributed by atoms with Crippen molar-refractivity contribution >= 4 is 0 Å². The lowest BCUT2D eigenvalue weighted by Gasteiger charge is -2.14. The first-order valence-electron chi connectivity index (χ1n) is 6.41. The monoisotopic (exact) mass is 226 g/mol. The van der Waals surface area contributed by atoms with Gasteiger partial charge in [0.05, 0.1) is 13.2 Å². The maximum Gasteiger partial charge on any atom is 0.0721 e. The van der Waals surface area contributed by atoms with Crippen molar-refractivity contribution in [3.63, 3.8) is 0 Å². The predicted octanol–water partition coefficient (Wildman–Crippen LogP) is 3.73. The summed E-state index contributed by atoms with van der Waals surface area (Å²) in [6.07, 6.45) is 9.49. The average Bonchev–Trinajstić information content (AvgIpc) is 2.95. The van der Waals surface area contributed by atoms with E-state index in [-0.39, 0.29) is 0 Å². The third-order valence-electron chi connectivity index (χ3n) is 3.80. The lowest BCUT2D eigenvalue weighted by molar-refractivity contribution is 0.136. The highest BCUT2D eigenvalue weighted by Gasteiger charge is 2.29. The second-order valence-corrected chi connectivity index (χ2v) is 4.93. The van der Waals surface area contributed by atoms with Crippen LogP contribution in [-0.4, -0.2) is 6.61 Å². The van der Waals surface area contributed by atoms with E-state index in [0.717, 1.165) is 25.0 Å². The van der Waals surface area contributed by atoms with Crippen molar-refractivity contribution in [3.05, 3.63) is 59.7 Å². The molecule has 0 fully saturated rings. The number of fused-ring (bicyclic) bond motifs is 1. The fraction of sp³-hybridized carbons (Fsp3) is 0.375. The van der Waals surface area contributed by atoms with E-state index in [1.807, 2.05) is 6.07 Å². The molecule has 0 heterocycles. The topological polar surface area (TPSA) is 9.23 Å². The quantitative estimate of drug-likeness (QED) is 0.711. The van der Waals surface area contributed by atoms with Crippen molar-refractivity contribution in [1.82, 2.24) is 0 Å². The minimum atomic E-state index is 0.725. The van der Waals surface area contributed by atoms with Crippen molar-refractivity contribution in [2.75, 3.05) is 6.61 Å². The predicted molar refractivity (Wildman–Crippen MR) is 69.5 cm³/mol. The van der Waals surface area contributed by atoms with E-state index in [0.29, 0.717) is 0 Å². The van der Waals surface area contributed by atoms with Gasteiger partial charge in [0.25, 0.3) is 0 Å². The van der Waals surface area contributed by atoms with Crippen LogP contribution in [0, 0.1) is 11.8 Å². The van der Waals surface area contributed by atoms with Gasteiger partial charge in [0.2, 0.25) is 0 Å². The summed E-state index contributed by atoms with van der Waals surface area (Å²) < 4.78 is 5.82. The summed E-state index contributed by atoms with van der Waals surface area (Å²) >= 11 is 0. The smallest absolute Gasteiger partial charge is 0.0721 e. The van der Waals surface area contributed by atoms with Crippen LogP contribution in [0.2, 0.25) is 0 Å². The molecule has 88 valence electrons. The Balaban J connectivity index is 1.49. The van der Waals surface area contributed by atoms with Gasteiger partial charge in [-0.2, -0.15) is 0 Å². The molecule has 0 bridgehead atoms. The number of allylic oxidation sites excluding steroid dienone is 3. The van der Waals surface area contributed by atoms with E-state index in [9.17, 15) is 0 Å². The molecule has 0 spiro atoms. The van der Waals surface area contributed by atoms with Gasteiger partial charge < -0.3 is 4.74 Å². The molecule has 2 atom stereocenters. The highest BCUT2D eigenvalue weighted by molar-refractivity contribution is 5.24. The van der Waals surface area contributed by atoms with Crippen molar-refractivity contribution in [2.45, 2.75) is 19.4 Å². The van der Waals surface area contributed by atoms with Crippen LogP contribution in [0.25, 0.3) is 0 Å². The molecule has 0 aromatic heterocycles. The lowest BCUT2D eigenvalue weighted by Crippen LogP contribution is -2.08. The average molecular weight is 226 g/mol. The van der Waals surface area contributed by atoms with E-state index >= 15 is 0 Å². The Labute approximate surface area is 103 Å². The third kappa shape index (κ3) is 2.34. The molecule has 0 saturated carbocycles. The van der Waals surface area contributed by atoms with E-state index in [4.69, 9.17) is 4.74 Å². The van der Waals surface area contributed by atoms with E-state index in [1.54, 1.807) is 0 Å². The number of hydrogen-bond donors (Lipinski definition) is 0. The van der Waals surface area contributed by atoms with Crippen LogP contribution in [0.5, 0.6) is 0 Å². The fourth-order valence-corrected chi connectivity index (χ4v) is 2.84. The van der Waals surface area contributed by atoms with Crippen LogP contribution in [0.15, 0.2) is 54.1 Å². The molecule has 2 aliphatic carbocycles. The summed E-state index contributed by atoms with van der Waals surface area (Å²) in [6.45, 7) is 1.53. The van der Waals surface area contributed by atoms with Crippen LogP contribution < -0.4 is 0 Å². The molecule has 0 N–H and O–H groups in total. The van der Waals surface area contributed by atoms with Crippen LogP contribution in [0.4, 0.5) is 0 Å². The molecule has 0 amide bonds. The Hall–Kier alpha value is -1.34. The zero-order valence-corrected chi connectivity index (χ0v) is 10.0. The van der Waals surface area contributed by atoms with Crippen molar-refractivity contribution in [1.29, 1.82) is 0 Å². The molecular formula is C16H18O. The summed E-state index contributed by atoms with van der Waals surface area (Å²) in [5.41, 5.74) is 2.77. The maximum absolute atomic E-state index is 5.82. The SMILES string of the molecule is C1=C[C@@H]2CC=C(COCc3ccccc3)[C@@H]2C1. The number of hydrogen-bond acceptors (Lipinski definition) is 1. The summed E-state index contributed by atoms with van der Waals surface area (Å²) in [6, 6.07) is 10.4. The highest BCUT2D eigenvalue weighted by atomic mass is 16.5. The second-order valence-electron chi connectivity index (χ2n) is 4.93. The normalized spacial score (nSPS) is 26.0. The van der Waals surface area contributed by atoms with Gasteiger partial charge in [-0.1, -0.05) is 48.6 Å². The largest absolute Gasteiger partial charge is 0.372 e. The number of ether oxygens (including phenoxy) is 1. The van der Waals surface area contributed by atoms with Crippen molar-refractivity contribution in [2.24, 2.45) is 11.8 Å². The van der Waals surface area contributed by atoms with Gasteiger partial charge in [0.1, 0.15) is 0 Å². The molecule has 17 heavy (non-hydrogen) atoms. The second kappa shape index (κ2) is 4.89. The Bertz CT molecular complexity index is 430. The van der Waals surface area contributed by atoms with Gasteiger partial charge in [-0.25, -0.2) is 0 Å². The van der Waals surface area contributed by atoms with Gasteiger partial charge in [0.15, 0.2) is 0 Å². The molecule has 0 unspecified atom stereocenters. The van der Waals surface area contributed by atoms with Gasteiger partial charge in [-0.3, -0.25) is 0 Å². The van der Waals surface area contributed by atoms with Gasteiger partial charge in [-0.05, 0) is 35.8 Å². The molecular weight excluding hydrogens is 208 g/mol. The Morgan fingerprint density at radius 1 is 1.06 bits per heavy atom. The van der Waals surface area contributed by atoms with E-state index in [2.05, 4.69) is 42.5 Å². The fourth-order valence-electron chi connectivity index (χ4n) is 2.84. The molecule has 1 heteroatoms. The summed E-state index contributed by atoms with van der Waals surface area (Å²) in [7, 11) is 0. The van der Waals surface area contributed by atoms with E-state index in [1.165, 1.54) is 24.0 Å². The molecule has 1 aromatic rings. The molecule has 0 saturated heterocycles. The minimum absolute atomic E-state index is 0.725. The van der Waals surface area contributed by atoms with Crippen molar-refractivity contribution in [3.8, 4) is 0 Å². The number of benzene rings is 1. The maximum atomic E-state index is 5.82. The first-order chi connectivity index (χ1) is 8.43. The first kappa shape index (κ1) is 10.8. The van der Waals surface area contributed by atoms with Crippen LogP contribution in [0.1, 0.15) is 18.4 Å². The summed E-state index contributed by atoms with van der Waals surface area (Å²) in [4.78, 5) is 0. The molecule has 1 aromatic carbocycles. The molecule has 1 nitrogen and oxygen atoms in total. The molecule has 3 rings (SSSR count). The minimum Gasteiger partial charge on any atom is -0.372 e. The Morgan fingerprint density at radius 2 is 1.94 bits per heavy atom. The lowest BCUT2D eigenvalue weighted by atomic mass is 9.94. The van der Waals surface area contributed by atoms with E-state index < -0.39 is 0 Å². The standard InChI is InChI=1S/C16H18O/c1-2-5-13(6-3-1)11-17-12-15-10-9-14-7-4-8-16(14)15/h1-7,10,14,16H,8-9,11-12H2/t14-,16-/m1/s1. The highest BCUT2D eigenvalue weighted by Crippen LogP contribution is 2.39. The third-order valence-corrected chi connectivity index (χ3v) is 3.80. The molecule has 0 aliphatic heterocycles. The first-order valence-corrected chi connectivity index (χ1v) is 6.41. The number of rotatable bonds is 4. The van der Waals surface area contributed by atoms with Crippen LogP contribution in [0.3, 0.4) is 0 Å². The van der Waals surface area contributed by atoms with Crippen LogP contribution >= 0.6 is 0 Å². The van der Waals surface area contributed by atoms with Gasteiger partial charge >= 0.3 is 0 Å². The van der Waals surface area contributed by atoms with Crippen LogP contribution in [-0.2, 0) is 11.3 Å². The van der Waals surface area contributed by atoms with Gasteiger partial charge in [-0.15, -0.1) is 0 Å². The molecule has 0 radical (unpaired) electrons. The summed E-state index contributed by atoms with van der Waals surface area (Å²) in [5.74, 6) is 1.51. The van der Waals surface area contributed by atoms with Gasteiger partial charge in [0, 0.05) is 0 Å². The molecule has 2 aliphatic rings.